The molecule has 190 valence electrons. The van der Waals surface area contributed by atoms with E-state index in [0.717, 1.165) is 51.5 Å². The first-order valence-electron chi connectivity index (χ1n) is 12.8. The van der Waals surface area contributed by atoms with Crippen LogP contribution in [0.1, 0.15) is 86.0 Å². The zero-order chi connectivity index (χ0) is 24.6. The average molecular weight is 483 g/mol. The Morgan fingerprint density at radius 2 is 1.73 bits per heavy atom. The summed E-state index contributed by atoms with van der Waals surface area (Å²) >= 11 is 1.38. The summed E-state index contributed by atoms with van der Waals surface area (Å²) in [6.07, 6.45) is 10.3. The van der Waals surface area contributed by atoms with Crippen molar-refractivity contribution in [2.75, 3.05) is 19.3 Å². The van der Waals surface area contributed by atoms with Crippen LogP contribution >= 0.6 is 11.9 Å². The molecule has 3 amide bonds. The summed E-state index contributed by atoms with van der Waals surface area (Å²) in [5.74, 6) is 0.203. The third kappa shape index (κ3) is 7.88. The van der Waals surface area contributed by atoms with Crippen LogP contribution in [0.3, 0.4) is 0 Å². The monoisotopic (exact) mass is 482 g/mol. The van der Waals surface area contributed by atoms with Gasteiger partial charge in [-0.25, -0.2) is 0 Å². The molecule has 33 heavy (non-hydrogen) atoms. The Morgan fingerprint density at radius 1 is 1.06 bits per heavy atom. The van der Waals surface area contributed by atoms with E-state index in [1.165, 1.54) is 18.4 Å². The highest BCUT2D eigenvalue weighted by molar-refractivity contribution is 7.96. The van der Waals surface area contributed by atoms with Gasteiger partial charge in [0.25, 0.3) is 0 Å². The van der Waals surface area contributed by atoms with Gasteiger partial charge in [-0.15, -0.1) is 0 Å². The van der Waals surface area contributed by atoms with Gasteiger partial charge in [0.1, 0.15) is 12.1 Å². The van der Waals surface area contributed by atoms with E-state index in [1.807, 2.05) is 31.9 Å². The molecule has 0 aromatic rings. The SMILES string of the molecule is CCC[C@H]1CCN(C(=O)C(NC(=O)C(NC(=O)CNSC)C2CCCCC2)C(C)(C)C)C1C. The number of hydrogen-bond acceptors (Lipinski definition) is 5. The van der Waals surface area contributed by atoms with E-state index in [1.54, 1.807) is 0 Å². The Bertz CT molecular complexity index is 661. The van der Waals surface area contributed by atoms with Crippen LogP contribution in [0.2, 0.25) is 0 Å². The van der Waals surface area contributed by atoms with Gasteiger partial charge in [-0.2, -0.15) is 0 Å². The summed E-state index contributed by atoms with van der Waals surface area (Å²) in [5, 5.41) is 6.06. The summed E-state index contributed by atoms with van der Waals surface area (Å²) in [4.78, 5) is 41.7. The number of amides is 3. The molecule has 1 aliphatic heterocycles. The van der Waals surface area contributed by atoms with Crippen molar-refractivity contribution in [3.05, 3.63) is 0 Å². The van der Waals surface area contributed by atoms with Gasteiger partial charge in [-0.05, 0) is 56.1 Å². The number of carbonyl (C=O) groups is 3. The van der Waals surface area contributed by atoms with Crippen molar-refractivity contribution in [3.8, 4) is 0 Å². The van der Waals surface area contributed by atoms with Crippen molar-refractivity contribution in [1.82, 2.24) is 20.3 Å². The van der Waals surface area contributed by atoms with Crippen molar-refractivity contribution in [2.24, 2.45) is 17.3 Å². The lowest BCUT2D eigenvalue weighted by molar-refractivity contribution is -0.141. The second-order valence-corrected chi connectivity index (χ2v) is 11.6. The molecule has 1 saturated carbocycles. The third-order valence-electron chi connectivity index (χ3n) is 7.35. The predicted molar refractivity (Wildman–Crippen MR) is 136 cm³/mol. The van der Waals surface area contributed by atoms with Gasteiger partial charge < -0.3 is 15.5 Å². The second kappa shape index (κ2) is 13.0. The fourth-order valence-corrected chi connectivity index (χ4v) is 5.62. The van der Waals surface area contributed by atoms with Crippen molar-refractivity contribution >= 4 is 29.7 Å². The minimum absolute atomic E-state index is 0.000256. The van der Waals surface area contributed by atoms with Gasteiger partial charge >= 0.3 is 0 Å². The molecule has 1 saturated heterocycles. The molecule has 2 aliphatic rings. The number of nitrogens with zero attached hydrogens (tertiary/aromatic N) is 1. The van der Waals surface area contributed by atoms with Crippen LogP contribution in [0.25, 0.3) is 0 Å². The molecule has 0 radical (unpaired) electrons. The summed E-state index contributed by atoms with van der Waals surface area (Å²) < 4.78 is 2.95. The Hall–Kier alpha value is -1.28. The quantitative estimate of drug-likeness (QED) is 0.415. The Kier molecular flexibility index (Phi) is 11.0. The van der Waals surface area contributed by atoms with Gasteiger partial charge in [0.05, 0.1) is 6.54 Å². The molecule has 2 rings (SSSR count). The molecule has 0 bridgehead atoms. The maximum atomic E-state index is 13.7. The molecule has 1 aliphatic carbocycles. The lowest BCUT2D eigenvalue weighted by Crippen LogP contribution is -2.60. The standard InChI is InChI=1S/C25H46N4O3S/c1-7-11-18-14-15-29(17(18)2)24(32)22(25(3,4)5)28-23(31)21(19-12-9-8-10-13-19)27-20(30)16-26-33-6/h17-19,21-22,26H,7-16H2,1-6H3,(H,27,30)(H,28,31)/t17?,18-,21?,22?/m0/s1. The minimum atomic E-state index is -0.625. The van der Waals surface area contributed by atoms with E-state index in [9.17, 15) is 14.4 Å². The largest absolute Gasteiger partial charge is 0.343 e. The fourth-order valence-electron chi connectivity index (χ4n) is 5.35. The van der Waals surface area contributed by atoms with Crippen molar-refractivity contribution in [1.29, 1.82) is 0 Å². The van der Waals surface area contributed by atoms with Crippen molar-refractivity contribution in [3.63, 3.8) is 0 Å². The topological polar surface area (TPSA) is 90.5 Å². The predicted octanol–water partition coefficient (Wildman–Crippen LogP) is 3.49. The van der Waals surface area contributed by atoms with E-state index in [-0.39, 0.29) is 36.2 Å². The maximum absolute atomic E-state index is 13.7. The summed E-state index contributed by atoms with van der Waals surface area (Å²) in [6.45, 7) is 11.2. The van der Waals surface area contributed by atoms with Crippen LogP contribution < -0.4 is 15.4 Å². The number of hydrogen-bond donors (Lipinski definition) is 3. The highest BCUT2D eigenvalue weighted by atomic mass is 32.2. The molecule has 0 aromatic heterocycles. The Labute approximate surface area is 205 Å². The van der Waals surface area contributed by atoms with Crippen LogP contribution in [0.4, 0.5) is 0 Å². The fraction of sp³-hybridized carbons (Fsp3) is 0.880. The van der Waals surface area contributed by atoms with Gasteiger partial charge in [-0.3, -0.25) is 19.1 Å². The van der Waals surface area contributed by atoms with Gasteiger partial charge in [-0.1, -0.05) is 65.3 Å². The van der Waals surface area contributed by atoms with E-state index >= 15 is 0 Å². The van der Waals surface area contributed by atoms with E-state index in [4.69, 9.17) is 0 Å². The van der Waals surface area contributed by atoms with Gasteiger partial charge in [0.2, 0.25) is 17.7 Å². The lowest BCUT2D eigenvalue weighted by atomic mass is 9.82. The average Bonchev–Trinajstić information content (AvgIpc) is 3.14. The van der Waals surface area contributed by atoms with Crippen LogP contribution in [-0.2, 0) is 14.4 Å². The van der Waals surface area contributed by atoms with Crippen LogP contribution in [-0.4, -0.2) is 60.1 Å². The maximum Gasteiger partial charge on any atom is 0.245 e. The summed E-state index contributed by atoms with van der Waals surface area (Å²) in [7, 11) is 0. The number of rotatable bonds is 10. The highest BCUT2D eigenvalue weighted by Gasteiger charge is 2.42. The zero-order valence-corrected chi connectivity index (χ0v) is 22.4. The van der Waals surface area contributed by atoms with Crippen molar-refractivity contribution in [2.45, 2.75) is 104 Å². The molecule has 3 unspecified atom stereocenters. The molecule has 3 N–H and O–H groups in total. The summed E-state index contributed by atoms with van der Waals surface area (Å²) in [6, 6.07) is -1.05. The molecule has 0 spiro atoms. The molecular weight excluding hydrogens is 436 g/mol. The van der Waals surface area contributed by atoms with E-state index < -0.39 is 17.5 Å². The number of nitrogens with one attached hydrogen (secondary N) is 3. The minimum Gasteiger partial charge on any atom is -0.343 e. The van der Waals surface area contributed by atoms with Crippen LogP contribution in [0.5, 0.6) is 0 Å². The lowest BCUT2D eigenvalue weighted by Gasteiger charge is -2.37. The molecule has 7 nitrogen and oxygen atoms in total. The first kappa shape index (κ1) is 28.0. The molecule has 8 heteroatoms. The molecule has 1 heterocycles. The normalized spacial score (nSPS) is 23.8. The van der Waals surface area contributed by atoms with Gasteiger partial charge in [0.15, 0.2) is 0 Å². The van der Waals surface area contributed by atoms with Crippen molar-refractivity contribution < 1.29 is 14.4 Å². The Balaban J connectivity index is 2.17. The van der Waals surface area contributed by atoms with E-state index in [2.05, 4.69) is 29.2 Å². The Morgan fingerprint density at radius 3 is 2.30 bits per heavy atom. The summed E-state index contributed by atoms with van der Waals surface area (Å²) in [5.41, 5.74) is -0.434. The molecule has 4 atom stereocenters. The third-order valence-corrected chi connectivity index (χ3v) is 7.79. The highest BCUT2D eigenvalue weighted by Crippen LogP contribution is 2.32. The molecular formula is C25H46N4O3S. The number of likely N-dealkylation sites (tertiary alicyclic amines) is 1. The molecule has 2 fully saturated rings. The number of carbonyl (C=O) groups excluding carboxylic acids is 3. The second-order valence-electron chi connectivity index (χ2n) is 10.9. The first-order valence-corrected chi connectivity index (χ1v) is 14.0. The zero-order valence-electron chi connectivity index (χ0n) is 21.5. The smallest absolute Gasteiger partial charge is 0.245 e. The first-order chi connectivity index (χ1) is 15.6. The van der Waals surface area contributed by atoms with Gasteiger partial charge in [0, 0.05) is 12.6 Å². The van der Waals surface area contributed by atoms with Crippen LogP contribution in [0, 0.1) is 17.3 Å². The van der Waals surface area contributed by atoms with E-state index in [0.29, 0.717) is 5.92 Å². The molecule has 0 aromatic carbocycles. The van der Waals surface area contributed by atoms with Crippen LogP contribution in [0.15, 0.2) is 0 Å².